The van der Waals surface area contributed by atoms with E-state index in [1.165, 1.54) is 11.1 Å². The number of carbonyl (C=O) groups is 2. The van der Waals surface area contributed by atoms with Gasteiger partial charge < -0.3 is 10.2 Å². The minimum absolute atomic E-state index is 0.161. The molecular formula is C23H26F3N3O2. The van der Waals surface area contributed by atoms with Crippen molar-refractivity contribution in [2.75, 3.05) is 13.1 Å². The van der Waals surface area contributed by atoms with E-state index in [4.69, 9.17) is 0 Å². The van der Waals surface area contributed by atoms with Gasteiger partial charge in [0.2, 0.25) is 5.91 Å². The van der Waals surface area contributed by atoms with Crippen molar-refractivity contribution < 1.29 is 22.8 Å². The lowest BCUT2D eigenvalue weighted by Crippen LogP contribution is -2.46. The fourth-order valence-corrected chi connectivity index (χ4v) is 4.11. The van der Waals surface area contributed by atoms with Crippen molar-refractivity contribution in [3.8, 4) is 0 Å². The Balaban J connectivity index is 1.69. The Kier molecular flexibility index (Phi) is 6.67. The van der Waals surface area contributed by atoms with Crippen LogP contribution in [0, 0.1) is 26.7 Å². The highest BCUT2D eigenvalue weighted by Gasteiger charge is 2.46. The van der Waals surface area contributed by atoms with Crippen molar-refractivity contribution in [2.45, 2.75) is 45.8 Å². The van der Waals surface area contributed by atoms with Crippen molar-refractivity contribution >= 4 is 11.8 Å². The maximum Gasteiger partial charge on any atom is 0.400 e. The summed E-state index contributed by atoms with van der Waals surface area (Å²) in [6.07, 6.45) is -3.17. The summed E-state index contributed by atoms with van der Waals surface area (Å²) in [6, 6.07) is 8.10. The minimum Gasteiger partial charge on any atom is -0.351 e. The van der Waals surface area contributed by atoms with Crippen LogP contribution in [-0.4, -0.2) is 47.0 Å². The van der Waals surface area contributed by atoms with E-state index in [1.54, 1.807) is 32.0 Å². The monoisotopic (exact) mass is 433 g/mol. The zero-order chi connectivity index (χ0) is 22.8. The van der Waals surface area contributed by atoms with Gasteiger partial charge in [0.15, 0.2) is 0 Å². The largest absolute Gasteiger partial charge is 0.400 e. The van der Waals surface area contributed by atoms with Gasteiger partial charge in [-0.1, -0.05) is 23.8 Å². The van der Waals surface area contributed by atoms with Crippen molar-refractivity contribution in [1.82, 2.24) is 15.2 Å². The molecular weight excluding hydrogens is 407 g/mol. The molecule has 1 fully saturated rings. The molecule has 2 atom stereocenters. The van der Waals surface area contributed by atoms with Crippen LogP contribution in [0.3, 0.4) is 0 Å². The lowest BCUT2D eigenvalue weighted by Gasteiger charge is -2.24. The van der Waals surface area contributed by atoms with Gasteiger partial charge in [-0.05, 0) is 62.4 Å². The van der Waals surface area contributed by atoms with Gasteiger partial charge in [-0.2, -0.15) is 13.2 Å². The minimum atomic E-state index is -4.67. The second-order valence-electron chi connectivity index (χ2n) is 8.14. The number of hydrogen-bond donors (Lipinski definition) is 1. The number of likely N-dealkylation sites (tertiary alicyclic amines) is 1. The van der Waals surface area contributed by atoms with Crippen LogP contribution < -0.4 is 5.32 Å². The molecule has 5 nitrogen and oxygen atoms in total. The van der Waals surface area contributed by atoms with E-state index in [1.807, 2.05) is 19.1 Å². The predicted octanol–water partition coefficient (Wildman–Crippen LogP) is 3.76. The third-order valence-corrected chi connectivity index (χ3v) is 5.67. The zero-order valence-electron chi connectivity index (χ0n) is 17.8. The lowest BCUT2D eigenvalue weighted by atomic mass is 9.90. The van der Waals surface area contributed by atoms with E-state index < -0.39 is 30.5 Å². The van der Waals surface area contributed by atoms with Crippen LogP contribution in [0.25, 0.3) is 0 Å². The number of aryl methyl sites for hydroxylation is 3. The highest BCUT2D eigenvalue weighted by Crippen LogP contribution is 2.32. The van der Waals surface area contributed by atoms with Gasteiger partial charge in [0.1, 0.15) is 11.6 Å². The van der Waals surface area contributed by atoms with E-state index in [9.17, 15) is 22.8 Å². The number of alkyl halides is 3. The number of aromatic nitrogens is 1. The Bertz CT molecular complexity index is 937. The molecule has 2 amide bonds. The number of hydrogen-bond acceptors (Lipinski definition) is 3. The molecule has 31 heavy (non-hydrogen) atoms. The predicted molar refractivity (Wildman–Crippen MR) is 111 cm³/mol. The Labute approximate surface area is 179 Å². The molecule has 166 valence electrons. The Morgan fingerprint density at radius 1 is 1.19 bits per heavy atom. The first-order chi connectivity index (χ1) is 14.6. The van der Waals surface area contributed by atoms with Crippen LogP contribution in [-0.2, 0) is 11.2 Å². The Hall–Kier alpha value is -2.90. The summed E-state index contributed by atoms with van der Waals surface area (Å²) in [4.78, 5) is 30.6. The second-order valence-corrected chi connectivity index (χ2v) is 8.14. The summed E-state index contributed by atoms with van der Waals surface area (Å²) in [5.41, 5.74) is 3.27. The van der Waals surface area contributed by atoms with Crippen molar-refractivity contribution in [3.63, 3.8) is 0 Å². The van der Waals surface area contributed by atoms with Crippen molar-refractivity contribution in [2.24, 2.45) is 5.92 Å². The van der Waals surface area contributed by atoms with Gasteiger partial charge in [-0.3, -0.25) is 14.6 Å². The number of benzene rings is 1. The first-order valence-electron chi connectivity index (χ1n) is 10.2. The highest BCUT2D eigenvalue weighted by molar-refractivity contribution is 5.92. The molecule has 1 aromatic carbocycles. The smallest absolute Gasteiger partial charge is 0.351 e. The van der Waals surface area contributed by atoms with Gasteiger partial charge in [-0.15, -0.1) is 0 Å². The second kappa shape index (κ2) is 9.08. The van der Waals surface area contributed by atoms with Crippen LogP contribution >= 0.6 is 0 Å². The summed E-state index contributed by atoms with van der Waals surface area (Å²) in [7, 11) is 0. The zero-order valence-corrected chi connectivity index (χ0v) is 17.8. The summed E-state index contributed by atoms with van der Waals surface area (Å²) < 4.78 is 41.3. The summed E-state index contributed by atoms with van der Waals surface area (Å²) in [5, 5.41) is 2.52. The molecule has 2 unspecified atom stereocenters. The Morgan fingerprint density at radius 2 is 1.87 bits per heavy atom. The van der Waals surface area contributed by atoms with Crippen LogP contribution in [0.5, 0.6) is 0 Å². The first kappa shape index (κ1) is 22.8. The van der Waals surface area contributed by atoms with Gasteiger partial charge >= 0.3 is 6.18 Å². The number of amides is 2. The number of nitrogens with zero attached hydrogens (tertiary/aromatic N) is 2. The van der Waals surface area contributed by atoms with Crippen molar-refractivity contribution in [1.29, 1.82) is 0 Å². The molecule has 8 heteroatoms. The molecule has 1 aliphatic rings. The van der Waals surface area contributed by atoms with E-state index in [2.05, 4.69) is 10.3 Å². The normalized spacial score (nSPS) is 17.5. The van der Waals surface area contributed by atoms with Crippen molar-refractivity contribution in [3.05, 3.63) is 64.5 Å². The Morgan fingerprint density at radius 3 is 2.45 bits per heavy atom. The SMILES string of the molecule is Cc1cc(C)c(CC(C(=O)NC2CCN(C(=O)c3ccccn3)C2)C(F)(F)F)c(C)c1. The van der Waals surface area contributed by atoms with Crippen LogP contribution in [0.4, 0.5) is 13.2 Å². The fourth-order valence-electron chi connectivity index (χ4n) is 4.11. The number of rotatable bonds is 5. The maximum absolute atomic E-state index is 13.8. The standard InChI is InChI=1S/C23H26F3N3O2/c1-14-10-15(2)18(16(3)11-14)12-19(23(24,25)26)21(30)28-17-7-9-29(13-17)22(31)20-6-4-5-8-27-20/h4-6,8,10-11,17,19H,7,9,12-13H2,1-3H3,(H,28,30). The van der Waals surface area contributed by atoms with Gasteiger partial charge in [0.25, 0.3) is 5.91 Å². The molecule has 3 rings (SSSR count). The summed E-state index contributed by atoms with van der Waals surface area (Å²) in [6.45, 7) is 5.93. The molecule has 0 radical (unpaired) electrons. The maximum atomic E-state index is 13.8. The van der Waals surface area contributed by atoms with E-state index in [0.717, 1.165) is 16.7 Å². The summed E-state index contributed by atoms with van der Waals surface area (Å²) >= 11 is 0. The number of halogens is 3. The lowest BCUT2D eigenvalue weighted by molar-refractivity contribution is -0.182. The molecule has 0 aliphatic carbocycles. The number of pyridine rings is 1. The van der Waals surface area contributed by atoms with Gasteiger partial charge in [0.05, 0.1) is 0 Å². The van der Waals surface area contributed by atoms with Gasteiger partial charge in [-0.25, -0.2) is 0 Å². The molecule has 1 saturated heterocycles. The third kappa shape index (κ3) is 5.42. The molecule has 1 N–H and O–H groups in total. The quantitative estimate of drug-likeness (QED) is 0.781. The van der Waals surface area contributed by atoms with Crippen LogP contribution in [0.1, 0.15) is 39.2 Å². The average Bonchev–Trinajstić information content (AvgIpc) is 3.14. The molecule has 0 spiro atoms. The van der Waals surface area contributed by atoms with E-state index in [-0.39, 0.29) is 18.1 Å². The van der Waals surface area contributed by atoms with E-state index in [0.29, 0.717) is 18.5 Å². The topological polar surface area (TPSA) is 62.3 Å². The van der Waals surface area contributed by atoms with Gasteiger partial charge in [0, 0.05) is 25.3 Å². The molecule has 1 aliphatic heterocycles. The van der Waals surface area contributed by atoms with E-state index >= 15 is 0 Å². The third-order valence-electron chi connectivity index (χ3n) is 5.67. The highest BCUT2D eigenvalue weighted by atomic mass is 19.4. The van der Waals surface area contributed by atoms with Crippen LogP contribution in [0.2, 0.25) is 0 Å². The number of carbonyl (C=O) groups excluding carboxylic acids is 2. The molecule has 1 aromatic heterocycles. The molecule has 2 heterocycles. The molecule has 0 saturated carbocycles. The molecule has 0 bridgehead atoms. The fraction of sp³-hybridized carbons (Fsp3) is 0.435. The van der Waals surface area contributed by atoms with Crippen LogP contribution in [0.15, 0.2) is 36.5 Å². The summed E-state index contributed by atoms with van der Waals surface area (Å²) in [5.74, 6) is -3.49. The average molecular weight is 433 g/mol. The first-order valence-corrected chi connectivity index (χ1v) is 10.2. The number of nitrogens with one attached hydrogen (secondary N) is 1. The molecule has 2 aromatic rings.